The highest BCUT2D eigenvalue weighted by Gasteiger charge is 2.16. The molecule has 0 bridgehead atoms. The highest BCUT2D eigenvalue weighted by atomic mass is 32.1. The van der Waals surface area contributed by atoms with Crippen LogP contribution in [0.15, 0.2) is 60.7 Å². The fourth-order valence-electron chi connectivity index (χ4n) is 3.37. The zero-order chi connectivity index (χ0) is 22.7. The van der Waals surface area contributed by atoms with Gasteiger partial charge in [0.15, 0.2) is 5.13 Å². The molecule has 0 aliphatic heterocycles. The van der Waals surface area contributed by atoms with E-state index in [0.717, 1.165) is 5.56 Å². The molecule has 0 fully saturated rings. The second kappa shape index (κ2) is 9.32. The first-order valence-electron chi connectivity index (χ1n) is 9.89. The lowest BCUT2D eigenvalue weighted by molar-refractivity contribution is 0.0697. The number of aromatic carboxylic acids is 1. The van der Waals surface area contributed by atoms with Crippen molar-refractivity contribution >= 4 is 32.7 Å². The molecule has 0 aliphatic rings. The van der Waals surface area contributed by atoms with Gasteiger partial charge < -0.3 is 14.7 Å². The van der Waals surface area contributed by atoms with Gasteiger partial charge in [0.25, 0.3) is 0 Å². The molecule has 0 aliphatic carbocycles. The van der Waals surface area contributed by atoms with Crippen LogP contribution in [0.1, 0.15) is 21.5 Å². The van der Waals surface area contributed by atoms with E-state index < -0.39 is 5.97 Å². The predicted molar refractivity (Wildman–Crippen MR) is 121 cm³/mol. The fraction of sp³-hybridized carbons (Fsp3) is 0.167. The van der Waals surface area contributed by atoms with Crippen molar-refractivity contribution in [3.8, 4) is 5.75 Å². The SMILES string of the molecule is COc1ccc(CCN(Cc2ccc(C(=O)O)cc2)c2nc3cccc(F)c3s2)c(F)c1. The number of hydrogen-bond donors (Lipinski definition) is 1. The monoisotopic (exact) mass is 454 g/mol. The van der Waals surface area contributed by atoms with Crippen molar-refractivity contribution in [2.24, 2.45) is 0 Å². The van der Waals surface area contributed by atoms with Gasteiger partial charge in [0, 0.05) is 19.2 Å². The van der Waals surface area contributed by atoms with Crippen LogP contribution in [0.5, 0.6) is 5.75 Å². The number of carbonyl (C=O) groups is 1. The Labute approximate surface area is 187 Å². The van der Waals surface area contributed by atoms with E-state index in [-0.39, 0.29) is 17.2 Å². The highest BCUT2D eigenvalue weighted by Crippen LogP contribution is 2.32. The molecule has 0 unspecified atom stereocenters. The summed E-state index contributed by atoms with van der Waals surface area (Å²) in [5, 5.41) is 9.73. The molecule has 1 aromatic heterocycles. The number of anilines is 1. The van der Waals surface area contributed by atoms with Crippen molar-refractivity contribution in [2.75, 3.05) is 18.6 Å². The van der Waals surface area contributed by atoms with Crippen molar-refractivity contribution in [3.05, 3.63) is 89.0 Å². The standard InChI is InChI=1S/C24H20F2N2O3S/c1-31-18-10-9-16(20(26)13-18)11-12-28(14-15-5-7-17(8-6-15)23(29)30)24-27-21-4-2-3-19(25)22(21)32-24/h2-10,13H,11-12,14H2,1H3,(H,29,30). The van der Waals surface area contributed by atoms with Crippen LogP contribution in [0.3, 0.4) is 0 Å². The second-order valence-electron chi connectivity index (χ2n) is 7.22. The molecule has 5 nitrogen and oxygen atoms in total. The van der Waals surface area contributed by atoms with E-state index in [4.69, 9.17) is 9.84 Å². The zero-order valence-electron chi connectivity index (χ0n) is 17.2. The minimum Gasteiger partial charge on any atom is -0.497 e. The van der Waals surface area contributed by atoms with Crippen molar-refractivity contribution in [1.82, 2.24) is 4.98 Å². The number of nitrogens with zero attached hydrogens (tertiary/aromatic N) is 2. The Morgan fingerprint density at radius 2 is 1.88 bits per heavy atom. The average molecular weight is 454 g/mol. The third-order valence-corrected chi connectivity index (χ3v) is 6.25. The third kappa shape index (κ3) is 4.70. The maximum atomic E-state index is 14.4. The van der Waals surface area contributed by atoms with Gasteiger partial charge in [-0.2, -0.15) is 0 Å². The van der Waals surface area contributed by atoms with Crippen LogP contribution in [0.2, 0.25) is 0 Å². The molecule has 0 amide bonds. The van der Waals surface area contributed by atoms with Gasteiger partial charge in [0.05, 0.1) is 22.9 Å². The number of ether oxygens (including phenoxy) is 1. The summed E-state index contributed by atoms with van der Waals surface area (Å²) in [6.07, 6.45) is 0.404. The Hall–Kier alpha value is -3.52. The Morgan fingerprint density at radius 1 is 1.09 bits per heavy atom. The molecule has 4 aromatic rings. The zero-order valence-corrected chi connectivity index (χ0v) is 18.0. The summed E-state index contributed by atoms with van der Waals surface area (Å²) < 4.78 is 34.2. The van der Waals surface area contributed by atoms with Crippen molar-refractivity contribution < 1.29 is 23.4 Å². The van der Waals surface area contributed by atoms with Gasteiger partial charge in [-0.25, -0.2) is 18.6 Å². The number of benzene rings is 3. The van der Waals surface area contributed by atoms with Gasteiger partial charge in [0.1, 0.15) is 17.4 Å². The minimum atomic E-state index is -0.995. The smallest absolute Gasteiger partial charge is 0.335 e. The van der Waals surface area contributed by atoms with E-state index in [2.05, 4.69) is 4.98 Å². The van der Waals surface area contributed by atoms with E-state index >= 15 is 0 Å². The minimum absolute atomic E-state index is 0.197. The molecule has 0 spiro atoms. The average Bonchev–Trinajstić information content (AvgIpc) is 3.23. The largest absolute Gasteiger partial charge is 0.497 e. The Bertz CT molecular complexity index is 1260. The number of hydrogen-bond acceptors (Lipinski definition) is 5. The van der Waals surface area contributed by atoms with Gasteiger partial charge in [-0.1, -0.05) is 35.6 Å². The number of rotatable bonds is 8. The summed E-state index contributed by atoms with van der Waals surface area (Å²) in [6, 6.07) is 16.0. The molecule has 0 saturated heterocycles. The number of fused-ring (bicyclic) bond motifs is 1. The van der Waals surface area contributed by atoms with E-state index in [1.165, 1.54) is 42.7 Å². The molecule has 1 heterocycles. The van der Waals surface area contributed by atoms with E-state index in [0.29, 0.717) is 46.2 Å². The lowest BCUT2D eigenvalue weighted by Crippen LogP contribution is -2.25. The van der Waals surface area contributed by atoms with Crippen LogP contribution < -0.4 is 9.64 Å². The Balaban J connectivity index is 1.62. The van der Waals surface area contributed by atoms with Gasteiger partial charge >= 0.3 is 5.97 Å². The summed E-state index contributed by atoms with van der Waals surface area (Å²) in [5.41, 5.74) is 2.16. The first-order chi connectivity index (χ1) is 15.4. The predicted octanol–water partition coefficient (Wildman–Crippen LogP) is 5.53. The summed E-state index contributed by atoms with van der Waals surface area (Å²) >= 11 is 1.24. The van der Waals surface area contributed by atoms with Crippen LogP contribution in [0.4, 0.5) is 13.9 Å². The molecule has 0 atom stereocenters. The van der Waals surface area contributed by atoms with E-state index in [9.17, 15) is 13.6 Å². The van der Waals surface area contributed by atoms with Crippen LogP contribution >= 0.6 is 11.3 Å². The summed E-state index contributed by atoms with van der Waals surface area (Å²) in [6.45, 7) is 0.852. The van der Waals surface area contributed by atoms with Gasteiger partial charge in [0.2, 0.25) is 0 Å². The van der Waals surface area contributed by atoms with E-state index in [1.807, 2.05) is 4.90 Å². The summed E-state index contributed by atoms with van der Waals surface area (Å²) in [5.74, 6) is -1.24. The van der Waals surface area contributed by atoms with Crippen molar-refractivity contribution in [2.45, 2.75) is 13.0 Å². The number of aromatic nitrogens is 1. The number of carboxylic acid groups (broad SMARTS) is 1. The van der Waals surface area contributed by atoms with Crippen molar-refractivity contribution in [1.29, 1.82) is 0 Å². The number of halogens is 2. The fourth-order valence-corrected chi connectivity index (χ4v) is 4.36. The number of thiazole rings is 1. The van der Waals surface area contributed by atoms with Gasteiger partial charge in [-0.3, -0.25) is 0 Å². The van der Waals surface area contributed by atoms with Crippen LogP contribution in [0.25, 0.3) is 10.2 Å². The van der Waals surface area contributed by atoms with Gasteiger partial charge in [-0.15, -0.1) is 0 Å². The molecule has 0 saturated carbocycles. The maximum Gasteiger partial charge on any atom is 0.335 e. The molecule has 32 heavy (non-hydrogen) atoms. The molecule has 4 rings (SSSR count). The van der Waals surface area contributed by atoms with Crippen LogP contribution in [-0.2, 0) is 13.0 Å². The summed E-state index contributed by atoms with van der Waals surface area (Å²) in [4.78, 5) is 17.6. The van der Waals surface area contributed by atoms with Crippen LogP contribution in [-0.4, -0.2) is 29.7 Å². The lowest BCUT2D eigenvalue weighted by atomic mass is 10.1. The molecule has 3 aromatic carbocycles. The molecule has 8 heteroatoms. The molecular formula is C24H20F2N2O3S. The number of carboxylic acids is 1. The molecular weight excluding hydrogens is 434 g/mol. The second-order valence-corrected chi connectivity index (χ2v) is 8.19. The first kappa shape index (κ1) is 21.7. The van der Waals surface area contributed by atoms with Crippen molar-refractivity contribution in [3.63, 3.8) is 0 Å². The normalized spacial score (nSPS) is 11.0. The topological polar surface area (TPSA) is 62.7 Å². The van der Waals surface area contributed by atoms with Gasteiger partial charge in [-0.05, 0) is 47.9 Å². The Morgan fingerprint density at radius 3 is 2.53 bits per heavy atom. The number of methoxy groups -OCH3 is 1. The molecule has 0 radical (unpaired) electrons. The Kier molecular flexibility index (Phi) is 6.32. The third-order valence-electron chi connectivity index (χ3n) is 5.11. The lowest BCUT2D eigenvalue weighted by Gasteiger charge is -2.22. The first-order valence-corrected chi connectivity index (χ1v) is 10.7. The van der Waals surface area contributed by atoms with Crippen LogP contribution in [0, 0.1) is 11.6 Å². The summed E-state index contributed by atoms with van der Waals surface area (Å²) in [7, 11) is 1.48. The highest BCUT2D eigenvalue weighted by molar-refractivity contribution is 7.22. The molecule has 1 N–H and O–H groups in total. The maximum absolute atomic E-state index is 14.4. The molecule has 164 valence electrons. The van der Waals surface area contributed by atoms with E-state index in [1.54, 1.807) is 36.4 Å². The quantitative estimate of drug-likeness (QED) is 0.379.